The van der Waals surface area contributed by atoms with Crippen LogP contribution in [-0.4, -0.2) is 28.7 Å². The number of anilines is 3. The van der Waals surface area contributed by atoms with E-state index in [1.54, 1.807) is 18.2 Å². The number of H-pyrrole nitrogens is 1. The van der Waals surface area contributed by atoms with Gasteiger partial charge in [0, 0.05) is 24.1 Å². The highest BCUT2D eigenvalue weighted by Crippen LogP contribution is 2.29. The molecule has 1 heterocycles. The first kappa shape index (κ1) is 21.8. The zero-order valence-corrected chi connectivity index (χ0v) is 16.5. The molecule has 0 bridgehead atoms. The number of rotatable bonds is 8. The number of amides is 3. The molecular weight excluding hydrogens is 434 g/mol. The van der Waals surface area contributed by atoms with Gasteiger partial charge >= 0.3 is 12.6 Å². The van der Waals surface area contributed by atoms with Gasteiger partial charge in [-0.25, -0.2) is 4.79 Å². The highest BCUT2D eigenvalue weighted by molar-refractivity contribution is 6.32. The van der Waals surface area contributed by atoms with Crippen LogP contribution in [0.5, 0.6) is 5.75 Å². The fourth-order valence-electron chi connectivity index (χ4n) is 2.63. The molecule has 9 nitrogen and oxygen atoms in total. The molecule has 3 aromatic rings. The summed E-state index contributed by atoms with van der Waals surface area (Å²) in [4.78, 5) is 23.5. The van der Waals surface area contributed by atoms with Crippen LogP contribution in [0, 0.1) is 0 Å². The van der Waals surface area contributed by atoms with Crippen LogP contribution in [0.25, 0.3) is 0 Å². The van der Waals surface area contributed by atoms with Gasteiger partial charge in [0.2, 0.25) is 0 Å². The van der Waals surface area contributed by atoms with Gasteiger partial charge in [0.15, 0.2) is 5.69 Å². The maximum absolute atomic E-state index is 12.3. The highest BCUT2D eigenvalue weighted by Gasteiger charge is 2.12. The molecule has 12 heteroatoms. The van der Waals surface area contributed by atoms with Crippen molar-refractivity contribution in [3.05, 3.63) is 64.9 Å². The molecule has 0 aliphatic carbocycles. The average Bonchev–Trinajstić information content (AvgIpc) is 3.17. The van der Waals surface area contributed by atoms with E-state index in [2.05, 4.69) is 30.9 Å². The Morgan fingerprint density at radius 3 is 2.58 bits per heavy atom. The van der Waals surface area contributed by atoms with Gasteiger partial charge in [-0.3, -0.25) is 9.89 Å². The summed E-state index contributed by atoms with van der Waals surface area (Å²) >= 11 is 5.87. The maximum atomic E-state index is 12.3. The minimum absolute atomic E-state index is 0.0688. The third kappa shape index (κ3) is 6.06. The second kappa shape index (κ2) is 9.76. The standard InChI is InChI=1S/C19H17ClF2N6O3/c20-13-7-12(4-5-15(13)31-18(21)22)27-19(30)26-11-3-1-2-10(6-11)8-24-14-9-25-28-16(14)17(23)29/h1-7,9,18,24H,8H2,(H2,23,29)(H,25,28)(H2,26,27,30). The average molecular weight is 451 g/mol. The number of carbonyl (C=O) groups excluding carboxylic acids is 2. The molecule has 162 valence electrons. The SMILES string of the molecule is NC(=O)c1n[nH]cc1NCc1cccc(NC(=O)Nc2ccc(OC(F)F)c(Cl)c2)c1. The van der Waals surface area contributed by atoms with E-state index in [-0.39, 0.29) is 16.5 Å². The molecule has 0 atom stereocenters. The van der Waals surface area contributed by atoms with E-state index in [1.807, 2.05) is 6.07 Å². The first-order valence-electron chi connectivity index (χ1n) is 8.80. The van der Waals surface area contributed by atoms with Gasteiger partial charge in [0.1, 0.15) is 5.75 Å². The van der Waals surface area contributed by atoms with E-state index in [1.165, 1.54) is 24.4 Å². The number of hydrogen-bond acceptors (Lipinski definition) is 5. The van der Waals surface area contributed by atoms with Gasteiger partial charge in [-0.15, -0.1) is 0 Å². The number of nitrogens with one attached hydrogen (secondary N) is 4. The molecule has 0 fully saturated rings. The second-order valence-electron chi connectivity index (χ2n) is 6.17. The minimum Gasteiger partial charge on any atom is -0.433 e. The lowest BCUT2D eigenvalue weighted by Gasteiger charge is -2.11. The van der Waals surface area contributed by atoms with Crippen molar-refractivity contribution < 1.29 is 23.1 Å². The van der Waals surface area contributed by atoms with Crippen molar-refractivity contribution in [3.8, 4) is 5.75 Å². The molecule has 0 aliphatic rings. The Balaban J connectivity index is 1.59. The van der Waals surface area contributed by atoms with Gasteiger partial charge in [0.25, 0.3) is 5.91 Å². The van der Waals surface area contributed by atoms with E-state index in [0.717, 1.165) is 5.56 Å². The van der Waals surface area contributed by atoms with E-state index >= 15 is 0 Å². The Morgan fingerprint density at radius 2 is 1.90 bits per heavy atom. The number of aromatic amines is 1. The van der Waals surface area contributed by atoms with Crippen LogP contribution in [0.2, 0.25) is 5.02 Å². The summed E-state index contributed by atoms with van der Waals surface area (Å²) in [5.41, 5.74) is 7.40. The van der Waals surface area contributed by atoms with Crippen molar-refractivity contribution in [3.63, 3.8) is 0 Å². The summed E-state index contributed by atoms with van der Waals surface area (Å²) in [7, 11) is 0. The van der Waals surface area contributed by atoms with Crippen molar-refractivity contribution in [2.45, 2.75) is 13.2 Å². The Hall–Kier alpha value is -3.86. The summed E-state index contributed by atoms with van der Waals surface area (Å²) in [6.45, 7) is -2.66. The zero-order valence-electron chi connectivity index (χ0n) is 15.8. The molecule has 1 aromatic heterocycles. The molecule has 0 saturated heterocycles. The summed E-state index contributed by atoms with van der Waals surface area (Å²) < 4.78 is 28.8. The van der Waals surface area contributed by atoms with E-state index in [0.29, 0.717) is 23.6 Å². The first-order chi connectivity index (χ1) is 14.8. The number of primary amides is 1. The Morgan fingerprint density at radius 1 is 1.16 bits per heavy atom. The van der Waals surface area contributed by atoms with Crippen molar-refractivity contribution in [1.82, 2.24) is 10.2 Å². The molecule has 0 saturated carbocycles. The molecule has 3 rings (SSSR count). The van der Waals surface area contributed by atoms with Gasteiger partial charge in [-0.1, -0.05) is 23.7 Å². The lowest BCUT2D eigenvalue weighted by atomic mass is 10.2. The largest absolute Gasteiger partial charge is 0.433 e. The molecule has 0 aliphatic heterocycles. The Kier molecular flexibility index (Phi) is 6.88. The molecule has 0 spiro atoms. The van der Waals surface area contributed by atoms with Crippen LogP contribution in [0.1, 0.15) is 16.1 Å². The molecule has 2 aromatic carbocycles. The molecule has 0 unspecified atom stereocenters. The molecule has 0 radical (unpaired) electrons. The number of urea groups is 1. The first-order valence-corrected chi connectivity index (χ1v) is 9.18. The van der Waals surface area contributed by atoms with E-state index in [4.69, 9.17) is 17.3 Å². The van der Waals surface area contributed by atoms with Crippen LogP contribution in [0.3, 0.4) is 0 Å². The topological polar surface area (TPSA) is 134 Å². The number of nitrogens with two attached hydrogens (primary N) is 1. The van der Waals surface area contributed by atoms with Crippen LogP contribution in [-0.2, 0) is 6.54 Å². The van der Waals surface area contributed by atoms with Crippen LogP contribution >= 0.6 is 11.6 Å². The smallest absolute Gasteiger partial charge is 0.387 e. The predicted octanol–water partition coefficient (Wildman–Crippen LogP) is 4.02. The fraction of sp³-hybridized carbons (Fsp3) is 0.105. The number of nitrogens with zero attached hydrogens (tertiary/aromatic N) is 1. The number of halogens is 3. The number of carbonyl (C=O) groups is 2. The zero-order chi connectivity index (χ0) is 22.4. The quantitative estimate of drug-likeness (QED) is 0.353. The van der Waals surface area contributed by atoms with Crippen molar-refractivity contribution in [1.29, 1.82) is 0 Å². The predicted molar refractivity (Wildman–Crippen MR) is 112 cm³/mol. The molecule has 6 N–H and O–H groups in total. The molecule has 31 heavy (non-hydrogen) atoms. The van der Waals surface area contributed by atoms with Gasteiger partial charge in [-0.05, 0) is 35.9 Å². The lowest BCUT2D eigenvalue weighted by Crippen LogP contribution is -2.19. The third-order valence-corrected chi connectivity index (χ3v) is 4.24. The van der Waals surface area contributed by atoms with Gasteiger partial charge in [0.05, 0.1) is 10.7 Å². The van der Waals surface area contributed by atoms with Crippen molar-refractivity contribution in [2.75, 3.05) is 16.0 Å². The number of aromatic nitrogens is 2. The summed E-state index contributed by atoms with van der Waals surface area (Å²) in [5.74, 6) is -0.857. The van der Waals surface area contributed by atoms with Gasteiger partial charge < -0.3 is 26.4 Å². The summed E-state index contributed by atoms with van der Waals surface area (Å²) in [6, 6.07) is 10.3. The monoisotopic (exact) mass is 450 g/mol. The second-order valence-corrected chi connectivity index (χ2v) is 6.58. The number of benzene rings is 2. The van der Waals surface area contributed by atoms with Crippen LogP contribution in [0.4, 0.5) is 30.6 Å². The number of hydrogen-bond donors (Lipinski definition) is 5. The fourth-order valence-corrected chi connectivity index (χ4v) is 2.86. The highest BCUT2D eigenvalue weighted by atomic mass is 35.5. The summed E-state index contributed by atoms with van der Waals surface area (Å²) in [5, 5.41) is 14.5. The Bertz CT molecular complexity index is 1090. The summed E-state index contributed by atoms with van der Waals surface area (Å²) in [6.07, 6.45) is 1.51. The van der Waals surface area contributed by atoms with Crippen LogP contribution in [0.15, 0.2) is 48.7 Å². The third-order valence-electron chi connectivity index (χ3n) is 3.95. The van der Waals surface area contributed by atoms with E-state index in [9.17, 15) is 18.4 Å². The van der Waals surface area contributed by atoms with Crippen molar-refractivity contribution >= 4 is 40.6 Å². The maximum Gasteiger partial charge on any atom is 0.387 e. The van der Waals surface area contributed by atoms with Crippen molar-refractivity contribution in [2.24, 2.45) is 5.73 Å². The number of alkyl halides is 2. The Labute approximate surface area is 179 Å². The molecule has 3 amide bonds. The molecular formula is C19H17ClF2N6O3. The minimum atomic E-state index is -3.00. The normalized spacial score (nSPS) is 10.6. The van der Waals surface area contributed by atoms with Crippen LogP contribution < -0.4 is 26.4 Å². The van der Waals surface area contributed by atoms with E-state index < -0.39 is 18.5 Å². The van der Waals surface area contributed by atoms with Gasteiger partial charge in [-0.2, -0.15) is 13.9 Å². The lowest BCUT2D eigenvalue weighted by molar-refractivity contribution is -0.0497. The number of ether oxygens (including phenoxy) is 1.